The molecule has 26 heavy (non-hydrogen) atoms. The second-order valence-corrected chi connectivity index (χ2v) is 7.26. The molecule has 0 saturated heterocycles. The van der Waals surface area contributed by atoms with E-state index in [4.69, 9.17) is 4.74 Å². The third-order valence-electron chi connectivity index (χ3n) is 4.86. The van der Waals surface area contributed by atoms with Crippen molar-refractivity contribution >= 4 is 5.97 Å². The molecule has 0 spiro atoms. The van der Waals surface area contributed by atoms with Crippen LogP contribution in [0.1, 0.15) is 107 Å². The zero-order valence-electron chi connectivity index (χ0n) is 16.6. The van der Waals surface area contributed by atoms with Gasteiger partial charge in [-0.3, -0.25) is 0 Å². The molecule has 0 radical (unpaired) electrons. The topological polar surface area (TPSA) is 49.4 Å². The maximum atomic E-state index is 10.7. The highest BCUT2D eigenvalue weighted by atomic mass is 16.5. The second-order valence-electron chi connectivity index (χ2n) is 7.26. The van der Waals surface area contributed by atoms with Gasteiger partial charge in [0.15, 0.2) is 0 Å². The number of ether oxygens (including phenoxy) is 1. The van der Waals surface area contributed by atoms with Crippen LogP contribution in [0.25, 0.3) is 0 Å². The Labute approximate surface area is 160 Å². The van der Waals surface area contributed by atoms with Gasteiger partial charge < -0.3 is 14.6 Å². The molecule has 0 unspecified atom stereocenters. The second kappa shape index (κ2) is 15.7. The summed E-state index contributed by atoms with van der Waals surface area (Å²) >= 11 is 0. The van der Waals surface area contributed by atoms with Crippen LogP contribution in [0.2, 0.25) is 0 Å². The van der Waals surface area contributed by atoms with Crippen LogP contribution >= 0.6 is 0 Å². The highest BCUT2D eigenvalue weighted by Crippen LogP contribution is 2.14. The SMILES string of the molecule is CCCCCCCCCCCCCCCCOc1ccc(C(=O)[O-])cc1. The molecule has 0 aliphatic heterocycles. The molecule has 0 aliphatic carbocycles. The lowest BCUT2D eigenvalue weighted by molar-refractivity contribution is -0.255. The quantitative estimate of drug-likeness (QED) is 0.324. The van der Waals surface area contributed by atoms with E-state index in [9.17, 15) is 9.90 Å². The summed E-state index contributed by atoms with van der Waals surface area (Å²) in [6.07, 6.45) is 18.9. The Kier molecular flexibility index (Phi) is 13.6. The average Bonchev–Trinajstić information content (AvgIpc) is 2.65. The third kappa shape index (κ3) is 11.9. The van der Waals surface area contributed by atoms with Crippen LogP contribution in [0.4, 0.5) is 0 Å². The molecule has 1 aromatic rings. The molecule has 0 N–H and O–H groups in total. The molecule has 3 nitrogen and oxygen atoms in total. The van der Waals surface area contributed by atoms with E-state index in [2.05, 4.69) is 6.92 Å². The Bertz CT molecular complexity index is 453. The summed E-state index contributed by atoms with van der Waals surface area (Å²) in [6.45, 7) is 2.97. The Morgan fingerprint density at radius 1 is 0.731 bits per heavy atom. The Morgan fingerprint density at radius 3 is 1.58 bits per heavy atom. The normalized spacial score (nSPS) is 10.8. The van der Waals surface area contributed by atoms with Gasteiger partial charge in [-0.15, -0.1) is 0 Å². The van der Waals surface area contributed by atoms with Crippen molar-refractivity contribution in [1.82, 2.24) is 0 Å². The molecule has 1 aromatic carbocycles. The molecule has 0 amide bonds. The molecule has 148 valence electrons. The summed E-state index contributed by atoms with van der Waals surface area (Å²) in [7, 11) is 0. The fraction of sp³-hybridized carbons (Fsp3) is 0.696. The fourth-order valence-corrected chi connectivity index (χ4v) is 3.17. The van der Waals surface area contributed by atoms with Gasteiger partial charge in [-0.1, -0.05) is 90.4 Å². The number of hydrogen-bond donors (Lipinski definition) is 0. The Balaban J connectivity index is 1.83. The summed E-state index contributed by atoms with van der Waals surface area (Å²) < 4.78 is 5.63. The van der Waals surface area contributed by atoms with Crippen LogP contribution in [0.15, 0.2) is 24.3 Å². The van der Waals surface area contributed by atoms with Gasteiger partial charge in [0.25, 0.3) is 0 Å². The smallest absolute Gasteiger partial charge is 0.119 e. The first kappa shape index (κ1) is 22.5. The lowest BCUT2D eigenvalue weighted by Crippen LogP contribution is -2.21. The number of unbranched alkanes of at least 4 members (excludes halogenated alkanes) is 13. The average molecular weight is 362 g/mol. The van der Waals surface area contributed by atoms with Gasteiger partial charge in [-0.25, -0.2) is 0 Å². The first-order chi connectivity index (χ1) is 12.7. The van der Waals surface area contributed by atoms with E-state index in [1.165, 1.54) is 95.6 Å². The number of carbonyl (C=O) groups is 1. The molecular formula is C23H37O3-. The van der Waals surface area contributed by atoms with E-state index in [0.29, 0.717) is 6.61 Å². The highest BCUT2D eigenvalue weighted by Gasteiger charge is 1.97. The maximum absolute atomic E-state index is 10.7. The maximum Gasteiger partial charge on any atom is 0.119 e. The van der Waals surface area contributed by atoms with Gasteiger partial charge in [0, 0.05) is 0 Å². The molecule has 3 heteroatoms. The van der Waals surface area contributed by atoms with E-state index in [1.807, 2.05) is 0 Å². The van der Waals surface area contributed by atoms with Crippen LogP contribution < -0.4 is 9.84 Å². The van der Waals surface area contributed by atoms with E-state index >= 15 is 0 Å². The van der Waals surface area contributed by atoms with E-state index in [1.54, 1.807) is 12.1 Å². The van der Waals surface area contributed by atoms with Gasteiger partial charge >= 0.3 is 0 Å². The van der Waals surface area contributed by atoms with Crippen molar-refractivity contribution in [2.75, 3.05) is 6.61 Å². The zero-order chi connectivity index (χ0) is 18.9. The molecule has 0 heterocycles. The first-order valence-corrected chi connectivity index (χ1v) is 10.7. The van der Waals surface area contributed by atoms with Crippen LogP contribution in [-0.2, 0) is 0 Å². The molecule has 1 rings (SSSR count). The summed E-state index contributed by atoms with van der Waals surface area (Å²) in [5.41, 5.74) is 0.189. The van der Waals surface area contributed by atoms with Crippen molar-refractivity contribution in [3.63, 3.8) is 0 Å². The van der Waals surface area contributed by atoms with Gasteiger partial charge in [0.1, 0.15) is 5.75 Å². The molecule has 0 atom stereocenters. The lowest BCUT2D eigenvalue weighted by atomic mass is 10.0. The van der Waals surface area contributed by atoms with Crippen molar-refractivity contribution in [1.29, 1.82) is 0 Å². The molecule has 0 aromatic heterocycles. The van der Waals surface area contributed by atoms with Crippen LogP contribution in [0.3, 0.4) is 0 Å². The van der Waals surface area contributed by atoms with Crippen molar-refractivity contribution in [2.24, 2.45) is 0 Å². The largest absolute Gasteiger partial charge is 0.545 e. The summed E-state index contributed by atoms with van der Waals surface area (Å²) in [5.74, 6) is -0.423. The van der Waals surface area contributed by atoms with Crippen molar-refractivity contribution in [2.45, 2.75) is 96.8 Å². The fourth-order valence-electron chi connectivity index (χ4n) is 3.17. The lowest BCUT2D eigenvalue weighted by Gasteiger charge is -2.08. The number of hydrogen-bond acceptors (Lipinski definition) is 3. The van der Waals surface area contributed by atoms with Gasteiger partial charge in [0.2, 0.25) is 0 Å². The highest BCUT2D eigenvalue weighted by molar-refractivity contribution is 5.85. The van der Waals surface area contributed by atoms with Crippen molar-refractivity contribution in [3.05, 3.63) is 29.8 Å². The number of aromatic carboxylic acids is 1. The van der Waals surface area contributed by atoms with Gasteiger partial charge in [0.05, 0.1) is 12.6 Å². The van der Waals surface area contributed by atoms with E-state index < -0.39 is 5.97 Å². The number of benzene rings is 1. The number of carbonyl (C=O) groups excluding carboxylic acids is 1. The van der Waals surface area contributed by atoms with Crippen molar-refractivity contribution < 1.29 is 14.6 Å². The first-order valence-electron chi connectivity index (χ1n) is 10.7. The predicted molar refractivity (Wildman–Crippen MR) is 107 cm³/mol. The zero-order valence-corrected chi connectivity index (χ0v) is 16.6. The number of carboxylic acids is 1. The summed E-state index contributed by atoms with van der Waals surface area (Å²) in [6, 6.07) is 6.43. The standard InChI is InChI=1S/C23H38O3/c1-2-3-4-5-6-7-8-9-10-11-12-13-14-15-20-26-22-18-16-21(17-19-22)23(24)25/h16-19H,2-15,20H2,1H3,(H,24,25)/p-1. The summed E-state index contributed by atoms with van der Waals surface area (Å²) in [5, 5.41) is 10.7. The molecule has 0 aliphatic rings. The van der Waals surface area contributed by atoms with E-state index in [-0.39, 0.29) is 5.56 Å². The molecular weight excluding hydrogens is 324 g/mol. The van der Waals surface area contributed by atoms with Crippen molar-refractivity contribution in [3.8, 4) is 5.75 Å². The monoisotopic (exact) mass is 361 g/mol. The third-order valence-corrected chi connectivity index (χ3v) is 4.86. The van der Waals surface area contributed by atoms with Gasteiger partial charge in [-0.2, -0.15) is 0 Å². The minimum Gasteiger partial charge on any atom is -0.545 e. The molecule has 0 saturated carbocycles. The van der Waals surface area contributed by atoms with Crippen LogP contribution in [-0.4, -0.2) is 12.6 Å². The Hall–Kier alpha value is -1.51. The van der Waals surface area contributed by atoms with Crippen LogP contribution in [0.5, 0.6) is 5.75 Å². The molecule has 0 bridgehead atoms. The number of rotatable bonds is 17. The van der Waals surface area contributed by atoms with E-state index in [0.717, 1.165) is 12.2 Å². The van der Waals surface area contributed by atoms with Crippen LogP contribution in [0, 0.1) is 0 Å². The minimum absolute atomic E-state index is 0.189. The number of carboxylic acid groups (broad SMARTS) is 1. The summed E-state index contributed by atoms with van der Waals surface area (Å²) in [4.78, 5) is 10.7. The Morgan fingerprint density at radius 2 is 1.15 bits per heavy atom. The minimum atomic E-state index is -1.15. The predicted octanol–water partition coefficient (Wildman–Crippen LogP) is 5.91. The van der Waals surface area contributed by atoms with Gasteiger partial charge in [-0.05, 0) is 36.2 Å². The molecule has 0 fully saturated rings.